The predicted molar refractivity (Wildman–Crippen MR) is 120 cm³/mol. The molecule has 0 saturated carbocycles. The number of ether oxygens (including phenoxy) is 1. The molecule has 0 aliphatic heterocycles. The monoisotopic (exact) mass is 398 g/mol. The lowest BCUT2D eigenvalue weighted by atomic mass is 9.86. The van der Waals surface area contributed by atoms with E-state index in [0.29, 0.717) is 17.3 Å². The van der Waals surface area contributed by atoms with Crippen LogP contribution in [0, 0.1) is 6.92 Å². The molecule has 28 heavy (non-hydrogen) atoms. The maximum Gasteiger partial charge on any atom is 0.338 e. The Balaban J connectivity index is 2.00. The van der Waals surface area contributed by atoms with Crippen molar-refractivity contribution >= 4 is 29.0 Å². The lowest BCUT2D eigenvalue weighted by molar-refractivity contribution is 0.0526. The highest BCUT2D eigenvalue weighted by molar-refractivity contribution is 7.80. The van der Waals surface area contributed by atoms with Crippen molar-refractivity contribution in [3.8, 4) is 0 Å². The Morgan fingerprint density at radius 3 is 2.32 bits per heavy atom. The Hall–Kier alpha value is -2.40. The second kappa shape index (κ2) is 9.20. The molecule has 2 N–H and O–H groups in total. The number of nitrogens with one attached hydrogen (secondary N) is 2. The topological polar surface area (TPSA) is 50.4 Å². The van der Waals surface area contributed by atoms with Gasteiger partial charge < -0.3 is 15.4 Å². The van der Waals surface area contributed by atoms with E-state index in [4.69, 9.17) is 17.0 Å². The second-order valence-corrected chi connectivity index (χ2v) is 8.35. The molecule has 0 aromatic heterocycles. The average Bonchev–Trinajstić information content (AvgIpc) is 2.63. The molecule has 0 aliphatic carbocycles. The second-order valence-electron chi connectivity index (χ2n) is 7.94. The predicted octanol–water partition coefficient (Wildman–Crippen LogP) is 5.52. The molecule has 150 valence electrons. The van der Waals surface area contributed by atoms with E-state index in [0.717, 1.165) is 11.3 Å². The van der Waals surface area contributed by atoms with Gasteiger partial charge in [0.1, 0.15) is 0 Å². The van der Waals surface area contributed by atoms with Gasteiger partial charge in [0.15, 0.2) is 5.11 Å². The van der Waals surface area contributed by atoms with Crippen LogP contribution in [0.3, 0.4) is 0 Å². The van der Waals surface area contributed by atoms with Crippen LogP contribution in [0.5, 0.6) is 0 Å². The normalized spacial score (nSPS) is 12.2. The molecule has 0 bridgehead atoms. The third-order valence-electron chi connectivity index (χ3n) is 4.61. The Morgan fingerprint density at radius 1 is 1.14 bits per heavy atom. The molecule has 0 unspecified atom stereocenters. The summed E-state index contributed by atoms with van der Waals surface area (Å²) in [7, 11) is 0. The Morgan fingerprint density at radius 2 is 1.79 bits per heavy atom. The zero-order valence-corrected chi connectivity index (χ0v) is 18.4. The highest BCUT2D eigenvalue weighted by atomic mass is 32.1. The fourth-order valence-corrected chi connectivity index (χ4v) is 3.14. The van der Waals surface area contributed by atoms with E-state index < -0.39 is 0 Å². The van der Waals surface area contributed by atoms with Crippen molar-refractivity contribution in [2.45, 2.75) is 53.0 Å². The number of anilines is 1. The number of aryl methyl sites for hydroxylation is 1. The minimum Gasteiger partial charge on any atom is -0.462 e. The van der Waals surface area contributed by atoms with E-state index >= 15 is 0 Å². The van der Waals surface area contributed by atoms with Gasteiger partial charge in [0.25, 0.3) is 0 Å². The third-order valence-corrected chi connectivity index (χ3v) is 4.83. The summed E-state index contributed by atoms with van der Waals surface area (Å²) in [5.41, 5.74) is 4.95. The molecule has 0 amide bonds. The minimum atomic E-state index is -0.315. The van der Waals surface area contributed by atoms with Crippen LogP contribution in [-0.2, 0) is 10.2 Å². The summed E-state index contributed by atoms with van der Waals surface area (Å²) in [6, 6.07) is 14.1. The van der Waals surface area contributed by atoms with E-state index in [-0.39, 0.29) is 17.4 Å². The number of rotatable bonds is 5. The van der Waals surface area contributed by atoms with Gasteiger partial charge in [-0.25, -0.2) is 4.79 Å². The smallest absolute Gasteiger partial charge is 0.338 e. The largest absolute Gasteiger partial charge is 0.462 e. The van der Waals surface area contributed by atoms with E-state index in [2.05, 4.69) is 62.6 Å². The summed E-state index contributed by atoms with van der Waals surface area (Å²) in [5, 5.41) is 7.07. The van der Waals surface area contributed by atoms with Crippen molar-refractivity contribution in [1.82, 2.24) is 5.32 Å². The fourth-order valence-electron chi connectivity index (χ4n) is 2.86. The van der Waals surface area contributed by atoms with E-state index in [9.17, 15) is 4.79 Å². The molecule has 2 aromatic carbocycles. The molecule has 2 aromatic rings. The van der Waals surface area contributed by atoms with Gasteiger partial charge in [0.05, 0.1) is 18.2 Å². The zero-order chi connectivity index (χ0) is 20.9. The number of hydrogen-bond acceptors (Lipinski definition) is 3. The van der Waals surface area contributed by atoms with Gasteiger partial charge in [0.2, 0.25) is 0 Å². The number of benzene rings is 2. The number of hydrogen-bond donors (Lipinski definition) is 2. The molecule has 0 saturated heterocycles. The molecule has 1 atom stereocenters. The quantitative estimate of drug-likeness (QED) is 0.513. The van der Waals surface area contributed by atoms with Gasteiger partial charge in [0, 0.05) is 5.69 Å². The van der Waals surface area contributed by atoms with Crippen molar-refractivity contribution in [2.75, 3.05) is 11.9 Å². The molecule has 4 nitrogen and oxygen atoms in total. The number of carbonyl (C=O) groups excluding carboxylic acids is 1. The lowest BCUT2D eigenvalue weighted by Gasteiger charge is -2.22. The van der Waals surface area contributed by atoms with Crippen LogP contribution < -0.4 is 10.6 Å². The van der Waals surface area contributed by atoms with Gasteiger partial charge in [-0.1, -0.05) is 45.0 Å². The first-order valence-corrected chi connectivity index (χ1v) is 9.98. The first kappa shape index (κ1) is 21.9. The summed E-state index contributed by atoms with van der Waals surface area (Å²) in [4.78, 5) is 11.8. The molecular formula is C23H30N2O2S. The maximum atomic E-state index is 11.8. The Kier molecular flexibility index (Phi) is 7.19. The molecule has 0 fully saturated rings. The van der Waals surface area contributed by atoms with Crippen LogP contribution in [0.2, 0.25) is 0 Å². The first-order chi connectivity index (χ1) is 13.1. The SMILES string of the molecule is CCOC(=O)c1ccc(NC(=S)N[C@@H](C)c2ccc(C(C)(C)C)cc2)c(C)c1. The highest BCUT2D eigenvalue weighted by Gasteiger charge is 2.15. The average molecular weight is 399 g/mol. The Labute approximate surface area is 173 Å². The molecule has 0 radical (unpaired) electrons. The number of thiocarbonyl (C=S) groups is 1. The maximum absolute atomic E-state index is 11.8. The van der Waals surface area contributed by atoms with Crippen LogP contribution >= 0.6 is 12.2 Å². The summed E-state index contributed by atoms with van der Waals surface area (Å²) in [6.45, 7) is 12.8. The van der Waals surface area contributed by atoms with Crippen molar-refractivity contribution in [1.29, 1.82) is 0 Å². The van der Waals surface area contributed by atoms with Crippen LogP contribution in [0.4, 0.5) is 5.69 Å². The van der Waals surface area contributed by atoms with Crippen LogP contribution in [0.15, 0.2) is 42.5 Å². The van der Waals surface area contributed by atoms with Gasteiger partial charge >= 0.3 is 5.97 Å². The van der Waals surface area contributed by atoms with Crippen molar-refractivity contribution in [3.63, 3.8) is 0 Å². The third kappa shape index (κ3) is 5.80. The molecular weight excluding hydrogens is 368 g/mol. The summed E-state index contributed by atoms with van der Waals surface area (Å²) in [6.07, 6.45) is 0. The Bertz CT molecular complexity index is 839. The van der Waals surface area contributed by atoms with E-state index in [1.165, 1.54) is 11.1 Å². The van der Waals surface area contributed by atoms with E-state index in [1.807, 2.05) is 13.0 Å². The fraction of sp³-hybridized carbons (Fsp3) is 0.391. The summed E-state index contributed by atoms with van der Waals surface area (Å²) >= 11 is 5.47. The van der Waals surface area contributed by atoms with Gasteiger partial charge in [-0.3, -0.25) is 0 Å². The van der Waals surface area contributed by atoms with Gasteiger partial charge in [-0.2, -0.15) is 0 Å². The van der Waals surface area contributed by atoms with Crippen molar-refractivity contribution in [2.24, 2.45) is 0 Å². The van der Waals surface area contributed by atoms with Crippen molar-refractivity contribution < 1.29 is 9.53 Å². The first-order valence-electron chi connectivity index (χ1n) is 9.57. The standard InChI is InChI=1S/C23H30N2O2S/c1-7-27-21(26)18-10-13-20(15(2)14-18)25-22(28)24-16(3)17-8-11-19(12-9-17)23(4,5)6/h8-14,16H,7H2,1-6H3,(H2,24,25,28)/t16-/m0/s1. The van der Waals surface area contributed by atoms with Gasteiger partial charge in [-0.15, -0.1) is 0 Å². The van der Waals surface area contributed by atoms with Crippen molar-refractivity contribution in [3.05, 3.63) is 64.7 Å². The summed E-state index contributed by atoms with van der Waals surface area (Å²) in [5.74, 6) is -0.315. The molecule has 0 heterocycles. The molecule has 2 rings (SSSR count). The van der Waals surface area contributed by atoms with Crippen LogP contribution in [0.25, 0.3) is 0 Å². The molecule has 0 aliphatic rings. The lowest BCUT2D eigenvalue weighted by Crippen LogP contribution is -2.31. The number of esters is 1. The van der Waals surface area contributed by atoms with E-state index in [1.54, 1.807) is 19.1 Å². The highest BCUT2D eigenvalue weighted by Crippen LogP contribution is 2.24. The zero-order valence-electron chi connectivity index (χ0n) is 17.6. The van der Waals surface area contributed by atoms with Crippen LogP contribution in [-0.4, -0.2) is 17.7 Å². The molecule has 0 spiro atoms. The van der Waals surface area contributed by atoms with Gasteiger partial charge in [-0.05, 0) is 73.3 Å². The molecule has 5 heteroatoms. The van der Waals surface area contributed by atoms with Crippen LogP contribution in [0.1, 0.15) is 67.7 Å². The minimum absolute atomic E-state index is 0.0770. The summed E-state index contributed by atoms with van der Waals surface area (Å²) < 4.78 is 5.04. The number of carbonyl (C=O) groups is 1.